The van der Waals surface area contributed by atoms with Crippen molar-refractivity contribution in [2.75, 3.05) is 13.1 Å². The number of thiophene rings is 1. The fraction of sp³-hybridized carbons (Fsp3) is 0.667. The number of primary sulfonamides is 1. The molecule has 0 aromatic carbocycles. The molecule has 0 unspecified atom stereocenters. The predicted molar refractivity (Wildman–Crippen MR) is 87.5 cm³/mol. The molecule has 1 aromatic rings. The van der Waals surface area contributed by atoms with E-state index < -0.39 is 15.3 Å². The topological polar surface area (TPSA) is 80.5 Å². The number of hydrogen-bond acceptors (Lipinski definition) is 4. The molecule has 7 heteroatoms. The van der Waals surface area contributed by atoms with Gasteiger partial charge in [0.2, 0.25) is 10.0 Å². The zero-order chi connectivity index (χ0) is 15.9. The summed E-state index contributed by atoms with van der Waals surface area (Å²) in [6.07, 6.45) is 4.06. The normalized spacial score (nSPS) is 23.4. The molecule has 1 aliphatic carbocycles. The number of nitrogens with zero attached hydrogens (tertiary/aromatic N) is 1. The molecule has 2 N–H and O–H groups in total. The van der Waals surface area contributed by atoms with E-state index >= 15 is 0 Å². The highest BCUT2D eigenvalue weighted by Gasteiger charge is 2.31. The van der Waals surface area contributed by atoms with Crippen LogP contribution in [0, 0.1) is 5.92 Å². The molecule has 122 valence electrons. The molecule has 0 saturated carbocycles. The van der Waals surface area contributed by atoms with Crippen molar-refractivity contribution in [1.82, 2.24) is 4.90 Å². The molecule has 2 aliphatic rings. The number of sulfonamides is 1. The van der Waals surface area contributed by atoms with Gasteiger partial charge in [0.1, 0.15) is 0 Å². The van der Waals surface area contributed by atoms with Crippen molar-refractivity contribution >= 4 is 27.3 Å². The number of fused-ring (bicyclic) bond motifs is 1. The van der Waals surface area contributed by atoms with E-state index in [-0.39, 0.29) is 5.91 Å². The molecule has 0 bridgehead atoms. The Morgan fingerprint density at radius 2 is 2.00 bits per heavy atom. The first-order chi connectivity index (χ1) is 10.4. The molecule has 2 heterocycles. The van der Waals surface area contributed by atoms with E-state index in [4.69, 9.17) is 5.14 Å². The average Bonchev–Trinajstić information content (AvgIpc) is 2.88. The zero-order valence-corrected chi connectivity index (χ0v) is 14.4. The molecule has 0 radical (unpaired) electrons. The van der Waals surface area contributed by atoms with Gasteiger partial charge >= 0.3 is 0 Å². The zero-order valence-electron chi connectivity index (χ0n) is 12.7. The van der Waals surface area contributed by atoms with Crippen molar-refractivity contribution in [2.45, 2.75) is 44.3 Å². The average molecular weight is 342 g/mol. The summed E-state index contributed by atoms with van der Waals surface area (Å²) in [6.45, 7) is 3.20. The summed E-state index contributed by atoms with van der Waals surface area (Å²) in [5.74, 6) is 0.750. The molecule has 3 rings (SSSR count). The van der Waals surface area contributed by atoms with Crippen molar-refractivity contribution in [3.63, 3.8) is 0 Å². The van der Waals surface area contributed by atoms with Gasteiger partial charge in [-0.25, -0.2) is 13.6 Å². The Morgan fingerprint density at radius 3 is 2.64 bits per heavy atom. The number of carbonyl (C=O) groups is 1. The lowest BCUT2D eigenvalue weighted by Crippen LogP contribution is -2.44. The highest BCUT2D eigenvalue weighted by atomic mass is 32.2. The lowest BCUT2D eigenvalue weighted by Gasteiger charge is -2.31. The number of carbonyl (C=O) groups excluding carboxylic acids is 1. The molecule has 22 heavy (non-hydrogen) atoms. The van der Waals surface area contributed by atoms with Gasteiger partial charge in [-0.2, -0.15) is 0 Å². The Labute approximate surface area is 135 Å². The van der Waals surface area contributed by atoms with Gasteiger partial charge in [-0.3, -0.25) is 4.79 Å². The minimum Gasteiger partial charge on any atom is -0.339 e. The molecule has 1 amide bonds. The summed E-state index contributed by atoms with van der Waals surface area (Å²) in [7, 11) is -3.49. The number of hydrogen-bond donors (Lipinski definition) is 1. The summed E-state index contributed by atoms with van der Waals surface area (Å²) in [4.78, 5) is 15.9. The number of nitrogens with two attached hydrogens (primary N) is 1. The van der Waals surface area contributed by atoms with Crippen molar-refractivity contribution in [1.29, 1.82) is 0 Å². The molecule has 0 spiro atoms. The molecule has 5 nitrogen and oxygen atoms in total. The second-order valence-corrected chi connectivity index (χ2v) is 9.29. The van der Waals surface area contributed by atoms with E-state index in [1.165, 1.54) is 10.4 Å². The van der Waals surface area contributed by atoms with Crippen molar-refractivity contribution in [3.8, 4) is 0 Å². The molecular weight excluding hydrogens is 320 g/mol. The summed E-state index contributed by atoms with van der Waals surface area (Å²) in [5.41, 5.74) is 2.06. The van der Waals surface area contributed by atoms with Gasteiger partial charge in [0.25, 0.3) is 5.91 Å². The minimum absolute atomic E-state index is 0.0555. The lowest BCUT2D eigenvalue weighted by atomic mass is 9.88. The van der Waals surface area contributed by atoms with Gasteiger partial charge in [0, 0.05) is 23.3 Å². The maximum absolute atomic E-state index is 12.7. The summed E-state index contributed by atoms with van der Waals surface area (Å²) in [6, 6.07) is 0. The van der Waals surface area contributed by atoms with Gasteiger partial charge in [0.15, 0.2) is 0 Å². The maximum Gasteiger partial charge on any atom is 0.254 e. The van der Waals surface area contributed by atoms with Crippen LogP contribution in [-0.4, -0.2) is 37.6 Å². The van der Waals surface area contributed by atoms with Crippen molar-refractivity contribution in [3.05, 3.63) is 21.4 Å². The van der Waals surface area contributed by atoms with E-state index in [1.807, 2.05) is 5.38 Å². The summed E-state index contributed by atoms with van der Waals surface area (Å²) < 4.78 is 22.8. The Hall–Kier alpha value is -0.920. The molecule has 1 fully saturated rings. The summed E-state index contributed by atoms with van der Waals surface area (Å²) in [5, 5.41) is 6.68. The molecule has 1 atom stereocenters. The van der Waals surface area contributed by atoms with E-state index in [2.05, 4.69) is 6.92 Å². The quantitative estimate of drug-likeness (QED) is 0.889. The smallest absolute Gasteiger partial charge is 0.254 e. The molecule has 1 aliphatic heterocycles. The lowest BCUT2D eigenvalue weighted by molar-refractivity contribution is 0.0724. The Morgan fingerprint density at radius 1 is 1.32 bits per heavy atom. The Balaban J connectivity index is 1.71. The summed E-state index contributed by atoms with van der Waals surface area (Å²) >= 11 is 1.69. The highest BCUT2D eigenvalue weighted by Crippen LogP contribution is 2.33. The third-order valence-corrected chi connectivity index (χ3v) is 7.28. The van der Waals surface area contributed by atoms with Crippen LogP contribution in [0.4, 0.5) is 0 Å². The van der Waals surface area contributed by atoms with Crippen LogP contribution in [0.15, 0.2) is 5.38 Å². The van der Waals surface area contributed by atoms with E-state index in [9.17, 15) is 13.2 Å². The van der Waals surface area contributed by atoms with Crippen LogP contribution in [-0.2, 0) is 22.9 Å². The molecular formula is C15H22N2O3S2. The monoisotopic (exact) mass is 342 g/mol. The number of rotatable bonds is 2. The van der Waals surface area contributed by atoms with Gasteiger partial charge in [-0.15, -0.1) is 11.3 Å². The van der Waals surface area contributed by atoms with Crippen molar-refractivity contribution < 1.29 is 13.2 Å². The second-order valence-electron chi connectivity index (χ2n) is 6.48. The number of piperidine rings is 1. The first-order valence-corrected chi connectivity index (χ1v) is 10.3. The first kappa shape index (κ1) is 16.0. The molecule has 1 aromatic heterocycles. The minimum atomic E-state index is -3.49. The van der Waals surface area contributed by atoms with E-state index in [0.717, 1.165) is 24.8 Å². The van der Waals surface area contributed by atoms with Crippen molar-refractivity contribution in [2.24, 2.45) is 11.1 Å². The van der Waals surface area contributed by atoms with Crippen LogP contribution >= 0.6 is 11.3 Å². The second kappa shape index (κ2) is 5.94. The Kier molecular flexibility index (Phi) is 4.31. The van der Waals surface area contributed by atoms with Crippen LogP contribution in [0.1, 0.15) is 47.0 Å². The van der Waals surface area contributed by atoms with E-state index in [0.29, 0.717) is 31.8 Å². The van der Waals surface area contributed by atoms with Gasteiger partial charge in [-0.1, -0.05) is 6.92 Å². The van der Waals surface area contributed by atoms with Crippen LogP contribution in [0.2, 0.25) is 0 Å². The first-order valence-electron chi connectivity index (χ1n) is 7.76. The Bertz CT molecular complexity index is 673. The standard InChI is InChI=1S/C15H22N2O3S2/c1-10-2-3-12-13(9-21-14(12)8-10)15(18)17-6-4-11(5-7-17)22(16,19)20/h9-11H,2-8H2,1H3,(H2,16,19,20)/t10-/m1/s1. The van der Waals surface area contributed by atoms with Crippen LogP contribution in [0.25, 0.3) is 0 Å². The van der Waals surface area contributed by atoms with Gasteiger partial charge < -0.3 is 4.90 Å². The highest BCUT2D eigenvalue weighted by molar-refractivity contribution is 7.89. The fourth-order valence-electron chi connectivity index (χ4n) is 3.41. The van der Waals surface area contributed by atoms with E-state index in [1.54, 1.807) is 16.2 Å². The van der Waals surface area contributed by atoms with Gasteiger partial charge in [0.05, 0.1) is 10.8 Å². The largest absolute Gasteiger partial charge is 0.339 e. The SMILES string of the molecule is C[C@@H]1CCc2c(C(=O)N3CCC(S(N)(=O)=O)CC3)csc2C1. The molecule has 1 saturated heterocycles. The van der Waals surface area contributed by atoms with Crippen LogP contribution in [0.5, 0.6) is 0 Å². The van der Waals surface area contributed by atoms with Crippen LogP contribution < -0.4 is 5.14 Å². The number of likely N-dealkylation sites (tertiary alicyclic amines) is 1. The van der Waals surface area contributed by atoms with Gasteiger partial charge in [-0.05, 0) is 43.6 Å². The number of amides is 1. The van der Waals surface area contributed by atoms with Crippen LogP contribution in [0.3, 0.4) is 0 Å². The fourth-order valence-corrected chi connectivity index (χ4v) is 5.52. The predicted octanol–water partition coefficient (Wildman–Crippen LogP) is 1.77. The third-order valence-electron chi connectivity index (χ3n) is 4.83. The maximum atomic E-state index is 12.7. The third kappa shape index (κ3) is 3.07.